The van der Waals surface area contributed by atoms with Crippen molar-refractivity contribution in [2.75, 3.05) is 5.75 Å². The summed E-state index contributed by atoms with van der Waals surface area (Å²) in [4.78, 5) is 16.3. The number of halogens is 1. The predicted octanol–water partition coefficient (Wildman–Crippen LogP) is 4.57. The highest BCUT2D eigenvalue weighted by atomic mass is 35.5. The minimum atomic E-state index is -0.322. The van der Waals surface area contributed by atoms with Crippen LogP contribution in [-0.2, 0) is 6.54 Å². The molecule has 2 aromatic carbocycles. The molecule has 122 valence electrons. The Hall–Kier alpha value is -2.18. The third-order valence-corrected chi connectivity index (χ3v) is 4.80. The summed E-state index contributed by atoms with van der Waals surface area (Å²) in [5, 5.41) is 1.25. The molecule has 0 fully saturated rings. The van der Waals surface area contributed by atoms with Gasteiger partial charge >= 0.3 is 5.76 Å². The Morgan fingerprint density at radius 3 is 2.92 bits per heavy atom. The van der Waals surface area contributed by atoms with Crippen molar-refractivity contribution in [3.63, 3.8) is 0 Å². The highest BCUT2D eigenvalue weighted by molar-refractivity contribution is 7.99. The first-order valence-electron chi connectivity index (χ1n) is 7.48. The quantitative estimate of drug-likeness (QED) is 0.385. The highest BCUT2D eigenvalue weighted by Crippen LogP contribution is 2.26. The van der Waals surface area contributed by atoms with E-state index >= 15 is 0 Å². The summed E-state index contributed by atoms with van der Waals surface area (Å²) in [5.41, 5.74) is 2.91. The van der Waals surface area contributed by atoms with Crippen LogP contribution in [0.25, 0.3) is 22.2 Å². The average molecular weight is 361 g/mol. The summed E-state index contributed by atoms with van der Waals surface area (Å²) in [5.74, 6) is 0.463. The van der Waals surface area contributed by atoms with Gasteiger partial charge in [0.05, 0.1) is 5.52 Å². The average Bonchev–Trinajstić information content (AvgIpc) is 3.11. The topological polar surface area (TPSA) is 61.2 Å². The van der Waals surface area contributed by atoms with Crippen molar-refractivity contribution in [3.05, 3.63) is 58.0 Å². The van der Waals surface area contributed by atoms with E-state index in [2.05, 4.69) is 4.98 Å². The molecule has 0 saturated carbocycles. The van der Waals surface area contributed by atoms with Gasteiger partial charge in [-0.15, -0.1) is 0 Å². The van der Waals surface area contributed by atoms with Gasteiger partial charge in [0.2, 0.25) is 0 Å². The van der Waals surface area contributed by atoms with Crippen LogP contribution in [-0.4, -0.2) is 15.3 Å². The maximum absolute atomic E-state index is 11.9. The van der Waals surface area contributed by atoms with Crippen LogP contribution in [0.5, 0.6) is 0 Å². The Morgan fingerprint density at radius 1 is 1.12 bits per heavy atom. The van der Waals surface area contributed by atoms with Crippen LogP contribution in [0.1, 0.15) is 6.42 Å². The van der Waals surface area contributed by atoms with Gasteiger partial charge in [0, 0.05) is 17.3 Å². The Bertz CT molecular complexity index is 1070. The molecule has 0 amide bonds. The number of aromatic nitrogens is 2. The van der Waals surface area contributed by atoms with Crippen LogP contribution < -0.4 is 5.76 Å². The lowest BCUT2D eigenvalue weighted by molar-refractivity contribution is 0.488. The number of fused-ring (bicyclic) bond motifs is 2. The van der Waals surface area contributed by atoms with E-state index in [0.29, 0.717) is 22.4 Å². The molecule has 0 bridgehead atoms. The molecule has 0 unspecified atom stereocenters. The summed E-state index contributed by atoms with van der Waals surface area (Å²) < 4.78 is 12.5. The van der Waals surface area contributed by atoms with Crippen molar-refractivity contribution in [1.82, 2.24) is 9.55 Å². The number of nitrogens with zero attached hydrogens (tertiary/aromatic N) is 2. The molecule has 24 heavy (non-hydrogen) atoms. The molecule has 0 aliphatic heterocycles. The molecule has 0 atom stereocenters. The lowest BCUT2D eigenvalue weighted by Gasteiger charge is -2.00. The van der Waals surface area contributed by atoms with Gasteiger partial charge < -0.3 is 8.83 Å². The molecule has 0 aliphatic carbocycles. The highest BCUT2D eigenvalue weighted by Gasteiger charge is 2.09. The molecule has 4 rings (SSSR count). The summed E-state index contributed by atoms with van der Waals surface area (Å²) in [7, 11) is 0. The predicted molar refractivity (Wildman–Crippen MR) is 94.8 cm³/mol. The second kappa shape index (κ2) is 6.37. The van der Waals surface area contributed by atoms with Crippen LogP contribution in [0, 0.1) is 0 Å². The molecule has 0 spiro atoms. The monoisotopic (exact) mass is 360 g/mol. The van der Waals surface area contributed by atoms with Gasteiger partial charge in [0.15, 0.2) is 11.2 Å². The Labute approximate surface area is 146 Å². The molecular formula is C17H13ClN2O3S. The first kappa shape index (κ1) is 15.4. The van der Waals surface area contributed by atoms with Crippen LogP contribution in [0.3, 0.4) is 0 Å². The Kier molecular flexibility index (Phi) is 4.08. The molecular weight excluding hydrogens is 348 g/mol. The number of benzene rings is 2. The second-order valence-electron chi connectivity index (χ2n) is 5.28. The van der Waals surface area contributed by atoms with Crippen molar-refractivity contribution in [1.29, 1.82) is 0 Å². The van der Waals surface area contributed by atoms with E-state index in [4.69, 9.17) is 20.4 Å². The summed E-state index contributed by atoms with van der Waals surface area (Å²) >= 11 is 7.46. The summed E-state index contributed by atoms with van der Waals surface area (Å²) in [6, 6.07) is 12.8. The van der Waals surface area contributed by atoms with Gasteiger partial charge in [-0.2, -0.15) is 0 Å². The van der Waals surface area contributed by atoms with Gasteiger partial charge in [-0.1, -0.05) is 35.5 Å². The van der Waals surface area contributed by atoms with E-state index in [-0.39, 0.29) is 5.76 Å². The molecule has 0 radical (unpaired) electrons. The van der Waals surface area contributed by atoms with Gasteiger partial charge in [-0.25, -0.2) is 9.78 Å². The number of aryl methyl sites for hydroxylation is 1. The number of rotatable bonds is 5. The van der Waals surface area contributed by atoms with Gasteiger partial charge in [0.1, 0.15) is 5.52 Å². The van der Waals surface area contributed by atoms with Crippen molar-refractivity contribution < 1.29 is 8.83 Å². The molecule has 0 N–H and O–H groups in total. The number of thioether (sulfide) groups is 1. The zero-order chi connectivity index (χ0) is 16.5. The standard InChI is InChI=1S/C17H13ClN2O3S/c18-11-6-7-14-12(10-11)19-16(22-14)24-9-3-8-20-13-4-1-2-5-15(13)23-17(20)21/h1-2,4-7,10H,3,8-9H2. The molecule has 0 saturated heterocycles. The van der Waals surface area contributed by atoms with Crippen molar-refractivity contribution in [3.8, 4) is 0 Å². The minimum absolute atomic E-state index is 0.322. The lowest BCUT2D eigenvalue weighted by atomic mass is 10.3. The zero-order valence-corrected chi connectivity index (χ0v) is 14.1. The van der Waals surface area contributed by atoms with Crippen molar-refractivity contribution in [2.24, 2.45) is 0 Å². The SMILES string of the molecule is O=c1oc2ccccc2n1CCCSc1nc2cc(Cl)ccc2o1. The van der Waals surface area contributed by atoms with Crippen LogP contribution in [0.15, 0.2) is 61.3 Å². The number of oxazole rings is 2. The van der Waals surface area contributed by atoms with E-state index in [9.17, 15) is 4.79 Å². The fourth-order valence-electron chi connectivity index (χ4n) is 2.55. The Morgan fingerprint density at radius 2 is 2.00 bits per heavy atom. The van der Waals surface area contributed by atoms with E-state index in [1.54, 1.807) is 22.8 Å². The summed E-state index contributed by atoms with van der Waals surface area (Å²) in [6.07, 6.45) is 0.799. The molecule has 2 heterocycles. The lowest BCUT2D eigenvalue weighted by Crippen LogP contribution is -2.14. The smallest absolute Gasteiger partial charge is 0.419 e. The van der Waals surface area contributed by atoms with E-state index < -0.39 is 0 Å². The molecule has 7 heteroatoms. The molecule has 0 aliphatic rings. The number of para-hydroxylation sites is 2. The summed E-state index contributed by atoms with van der Waals surface area (Å²) in [6.45, 7) is 0.592. The van der Waals surface area contributed by atoms with Crippen LogP contribution in [0.4, 0.5) is 0 Å². The van der Waals surface area contributed by atoms with E-state index in [1.165, 1.54) is 11.8 Å². The Balaban J connectivity index is 1.41. The third kappa shape index (κ3) is 2.95. The maximum Gasteiger partial charge on any atom is 0.419 e. The fourth-order valence-corrected chi connectivity index (χ4v) is 3.48. The minimum Gasteiger partial charge on any atom is -0.431 e. The third-order valence-electron chi connectivity index (χ3n) is 3.66. The first-order chi connectivity index (χ1) is 11.7. The zero-order valence-electron chi connectivity index (χ0n) is 12.6. The van der Waals surface area contributed by atoms with Crippen molar-refractivity contribution in [2.45, 2.75) is 18.2 Å². The van der Waals surface area contributed by atoms with Crippen LogP contribution >= 0.6 is 23.4 Å². The fraction of sp³-hybridized carbons (Fsp3) is 0.176. The number of hydrogen-bond donors (Lipinski definition) is 0. The maximum atomic E-state index is 11.9. The van der Waals surface area contributed by atoms with E-state index in [1.807, 2.05) is 24.3 Å². The number of hydrogen-bond acceptors (Lipinski definition) is 5. The van der Waals surface area contributed by atoms with Gasteiger partial charge in [0.25, 0.3) is 5.22 Å². The van der Waals surface area contributed by atoms with E-state index in [0.717, 1.165) is 28.8 Å². The first-order valence-corrected chi connectivity index (χ1v) is 8.84. The van der Waals surface area contributed by atoms with Crippen molar-refractivity contribution >= 4 is 45.6 Å². The molecule has 2 aromatic heterocycles. The van der Waals surface area contributed by atoms with Gasteiger partial charge in [-0.3, -0.25) is 4.57 Å². The normalized spacial score (nSPS) is 11.5. The largest absolute Gasteiger partial charge is 0.431 e. The molecule has 5 nitrogen and oxygen atoms in total. The second-order valence-corrected chi connectivity index (χ2v) is 6.76. The molecule has 4 aromatic rings. The van der Waals surface area contributed by atoms with Crippen LogP contribution in [0.2, 0.25) is 5.02 Å². The van der Waals surface area contributed by atoms with Gasteiger partial charge in [-0.05, 0) is 36.8 Å².